The van der Waals surface area contributed by atoms with E-state index in [2.05, 4.69) is 11.8 Å². The largest absolute Gasteiger partial charge is 0.491 e. The van der Waals surface area contributed by atoms with Crippen molar-refractivity contribution in [3.63, 3.8) is 0 Å². The zero-order valence-electron chi connectivity index (χ0n) is 13.0. The third kappa shape index (κ3) is 5.21. The average molecular weight is 292 g/mol. The van der Waals surface area contributed by atoms with Crippen molar-refractivity contribution >= 4 is 5.69 Å². The van der Waals surface area contributed by atoms with E-state index in [0.29, 0.717) is 19.2 Å². The van der Waals surface area contributed by atoms with Crippen LogP contribution in [-0.4, -0.2) is 41.8 Å². The zero-order chi connectivity index (χ0) is 15.1. The van der Waals surface area contributed by atoms with Crippen LogP contribution in [0.1, 0.15) is 39.0 Å². The second kappa shape index (κ2) is 8.25. The first-order valence-electron chi connectivity index (χ1n) is 8.09. The van der Waals surface area contributed by atoms with Gasteiger partial charge in [-0.15, -0.1) is 0 Å². The van der Waals surface area contributed by atoms with Crippen molar-refractivity contribution in [3.8, 4) is 5.75 Å². The van der Waals surface area contributed by atoms with Gasteiger partial charge in [-0.25, -0.2) is 0 Å². The smallest absolute Gasteiger partial charge is 0.119 e. The fourth-order valence-electron chi connectivity index (χ4n) is 3.04. The molecule has 0 bridgehead atoms. The molecule has 2 unspecified atom stereocenters. The van der Waals surface area contributed by atoms with Crippen LogP contribution in [0.15, 0.2) is 24.3 Å². The number of piperidine rings is 1. The van der Waals surface area contributed by atoms with Gasteiger partial charge in [-0.3, -0.25) is 4.90 Å². The molecule has 4 nitrogen and oxygen atoms in total. The summed E-state index contributed by atoms with van der Waals surface area (Å²) >= 11 is 0. The van der Waals surface area contributed by atoms with Crippen molar-refractivity contribution in [2.45, 2.75) is 51.2 Å². The zero-order valence-corrected chi connectivity index (χ0v) is 13.0. The van der Waals surface area contributed by atoms with E-state index in [-0.39, 0.29) is 0 Å². The molecule has 0 aliphatic carbocycles. The second-order valence-corrected chi connectivity index (χ2v) is 5.97. The number of hydrogen-bond donors (Lipinski definition) is 2. The number of β-amino-alcohol motifs (C(OH)–C–C–N with tert-alkyl or cyclic N) is 1. The highest BCUT2D eigenvalue weighted by atomic mass is 16.5. The number of hydrogen-bond acceptors (Lipinski definition) is 4. The molecule has 1 aliphatic heterocycles. The number of rotatable bonds is 7. The van der Waals surface area contributed by atoms with Crippen molar-refractivity contribution in [3.05, 3.63) is 24.3 Å². The summed E-state index contributed by atoms with van der Waals surface area (Å²) in [5, 5.41) is 10.2. The van der Waals surface area contributed by atoms with Gasteiger partial charge in [0.25, 0.3) is 0 Å². The topological polar surface area (TPSA) is 58.7 Å². The molecular weight excluding hydrogens is 264 g/mol. The molecular formula is C17H28N2O2. The van der Waals surface area contributed by atoms with Gasteiger partial charge < -0.3 is 15.6 Å². The Hall–Kier alpha value is -1.26. The number of ether oxygens (including phenoxy) is 1. The number of anilines is 1. The molecule has 0 amide bonds. The number of nitrogens with zero attached hydrogens (tertiary/aromatic N) is 1. The lowest BCUT2D eigenvalue weighted by Gasteiger charge is -2.36. The summed E-state index contributed by atoms with van der Waals surface area (Å²) in [6.45, 7) is 4.37. The molecule has 0 radical (unpaired) electrons. The van der Waals surface area contributed by atoms with Crippen molar-refractivity contribution in [1.82, 2.24) is 4.90 Å². The third-order valence-electron chi connectivity index (χ3n) is 4.14. The number of benzene rings is 1. The summed E-state index contributed by atoms with van der Waals surface area (Å²) in [6.07, 6.45) is 5.81. The fourth-order valence-corrected chi connectivity index (χ4v) is 3.04. The van der Waals surface area contributed by atoms with Gasteiger partial charge in [0.2, 0.25) is 0 Å². The summed E-state index contributed by atoms with van der Waals surface area (Å²) in [4.78, 5) is 2.43. The predicted molar refractivity (Wildman–Crippen MR) is 86.5 cm³/mol. The lowest BCUT2D eigenvalue weighted by molar-refractivity contribution is 0.0374. The van der Waals surface area contributed by atoms with E-state index in [9.17, 15) is 5.11 Å². The Morgan fingerprint density at radius 3 is 2.81 bits per heavy atom. The number of aliphatic hydroxyl groups excluding tert-OH is 1. The predicted octanol–water partition coefficient (Wildman–Crippen LogP) is 2.66. The van der Waals surface area contributed by atoms with E-state index in [0.717, 1.165) is 18.0 Å². The van der Waals surface area contributed by atoms with E-state index >= 15 is 0 Å². The minimum absolute atomic E-state index is 0.333. The van der Waals surface area contributed by atoms with Gasteiger partial charge in [-0.2, -0.15) is 0 Å². The molecule has 1 saturated heterocycles. The summed E-state index contributed by atoms with van der Waals surface area (Å²) in [6, 6.07) is 7.92. The molecule has 21 heavy (non-hydrogen) atoms. The maximum atomic E-state index is 10.2. The SMILES string of the molecule is CCCC1CCCCN1CC(O)COc1ccc(N)cc1. The Kier molecular flexibility index (Phi) is 6.33. The van der Waals surface area contributed by atoms with Gasteiger partial charge in [0.15, 0.2) is 0 Å². The highest BCUT2D eigenvalue weighted by Crippen LogP contribution is 2.21. The Balaban J connectivity index is 1.77. The molecule has 1 aliphatic rings. The van der Waals surface area contributed by atoms with Gasteiger partial charge in [-0.1, -0.05) is 19.8 Å². The van der Waals surface area contributed by atoms with Gasteiger partial charge in [-0.05, 0) is 50.1 Å². The summed E-state index contributed by atoms with van der Waals surface area (Å²) in [5.41, 5.74) is 6.36. The molecule has 118 valence electrons. The van der Waals surface area contributed by atoms with Crippen LogP contribution in [-0.2, 0) is 0 Å². The fraction of sp³-hybridized carbons (Fsp3) is 0.647. The van der Waals surface area contributed by atoms with Crippen LogP contribution < -0.4 is 10.5 Å². The van der Waals surface area contributed by atoms with Gasteiger partial charge in [0, 0.05) is 18.3 Å². The summed E-state index contributed by atoms with van der Waals surface area (Å²) < 4.78 is 5.63. The lowest BCUT2D eigenvalue weighted by atomic mass is 9.98. The molecule has 1 heterocycles. The molecule has 1 aromatic rings. The second-order valence-electron chi connectivity index (χ2n) is 5.97. The normalized spacial score (nSPS) is 21.1. The highest BCUT2D eigenvalue weighted by molar-refractivity contribution is 5.41. The number of nitrogen functional groups attached to an aromatic ring is 1. The van der Waals surface area contributed by atoms with Crippen molar-refractivity contribution in [2.75, 3.05) is 25.4 Å². The van der Waals surface area contributed by atoms with E-state index < -0.39 is 6.10 Å². The number of nitrogens with two attached hydrogens (primary N) is 1. The molecule has 1 fully saturated rings. The van der Waals surface area contributed by atoms with Crippen LogP contribution >= 0.6 is 0 Å². The first-order valence-corrected chi connectivity index (χ1v) is 8.09. The van der Waals surface area contributed by atoms with Crippen LogP contribution in [0, 0.1) is 0 Å². The minimum atomic E-state index is -0.444. The minimum Gasteiger partial charge on any atom is -0.491 e. The molecule has 0 spiro atoms. The highest BCUT2D eigenvalue weighted by Gasteiger charge is 2.23. The first-order chi connectivity index (χ1) is 10.2. The number of likely N-dealkylation sites (tertiary alicyclic amines) is 1. The molecule has 2 atom stereocenters. The van der Waals surface area contributed by atoms with Gasteiger partial charge >= 0.3 is 0 Å². The van der Waals surface area contributed by atoms with Crippen LogP contribution in [0.3, 0.4) is 0 Å². The molecule has 3 N–H and O–H groups in total. The van der Waals surface area contributed by atoms with Crippen LogP contribution in [0.5, 0.6) is 5.75 Å². The van der Waals surface area contributed by atoms with E-state index in [4.69, 9.17) is 10.5 Å². The molecule has 2 rings (SSSR count). The monoisotopic (exact) mass is 292 g/mol. The standard InChI is InChI=1S/C17H28N2O2/c1-2-5-15-6-3-4-11-19(15)12-16(20)13-21-17-9-7-14(18)8-10-17/h7-10,15-16,20H,2-6,11-13,18H2,1H3. The van der Waals surface area contributed by atoms with Crippen molar-refractivity contribution in [2.24, 2.45) is 0 Å². The summed E-state index contributed by atoms with van der Waals surface area (Å²) in [5.74, 6) is 0.756. The molecule has 1 aromatic carbocycles. The molecule has 0 saturated carbocycles. The maximum absolute atomic E-state index is 10.2. The van der Waals surface area contributed by atoms with Crippen LogP contribution in [0.2, 0.25) is 0 Å². The van der Waals surface area contributed by atoms with Gasteiger partial charge in [0.05, 0.1) is 0 Å². The number of aliphatic hydroxyl groups is 1. The van der Waals surface area contributed by atoms with Crippen molar-refractivity contribution < 1.29 is 9.84 Å². The molecule has 0 aromatic heterocycles. The van der Waals surface area contributed by atoms with Crippen LogP contribution in [0.4, 0.5) is 5.69 Å². The van der Waals surface area contributed by atoms with E-state index in [1.54, 1.807) is 0 Å². The van der Waals surface area contributed by atoms with E-state index in [1.807, 2.05) is 24.3 Å². The Morgan fingerprint density at radius 1 is 1.33 bits per heavy atom. The average Bonchev–Trinajstić information content (AvgIpc) is 2.49. The van der Waals surface area contributed by atoms with E-state index in [1.165, 1.54) is 32.1 Å². The third-order valence-corrected chi connectivity index (χ3v) is 4.14. The van der Waals surface area contributed by atoms with Crippen LogP contribution in [0.25, 0.3) is 0 Å². The van der Waals surface area contributed by atoms with Crippen molar-refractivity contribution in [1.29, 1.82) is 0 Å². The quantitative estimate of drug-likeness (QED) is 0.759. The summed E-state index contributed by atoms with van der Waals surface area (Å²) in [7, 11) is 0. The Morgan fingerprint density at radius 2 is 2.10 bits per heavy atom. The first kappa shape index (κ1) is 16.1. The Labute approximate surface area is 127 Å². The Bertz CT molecular complexity index is 406. The van der Waals surface area contributed by atoms with Gasteiger partial charge in [0.1, 0.15) is 18.5 Å². The maximum Gasteiger partial charge on any atom is 0.119 e. The molecule has 4 heteroatoms. The lowest BCUT2D eigenvalue weighted by Crippen LogP contribution is -2.45.